The molecule has 0 saturated heterocycles. The Labute approximate surface area is 54.4 Å². The predicted octanol–water partition coefficient (Wildman–Crippen LogP) is 2.79. The standard InChI is InChI=1S/C3H4F6Si/c4-3(5,6)1-2-10(7,8)9/h1-2H2. The molecular weight excluding hydrogens is 178 g/mol. The molecule has 0 aliphatic heterocycles. The molecule has 0 radical (unpaired) electrons. The molecule has 10 heavy (non-hydrogen) atoms. The number of hydrogen-bond acceptors (Lipinski definition) is 0. The van der Waals surface area contributed by atoms with Gasteiger partial charge in [-0.3, -0.25) is 0 Å². The SMILES string of the molecule is FC(F)(F)CC[Si](F)(F)F. The van der Waals surface area contributed by atoms with Gasteiger partial charge >= 0.3 is 15.3 Å². The van der Waals surface area contributed by atoms with Crippen LogP contribution in [0.3, 0.4) is 0 Å². The average molecular weight is 182 g/mol. The normalized spacial score (nSPS) is 13.8. The van der Waals surface area contributed by atoms with Gasteiger partial charge in [-0.1, -0.05) is 0 Å². The summed E-state index contributed by atoms with van der Waals surface area (Å²) in [5, 5.41) is 0. The summed E-state index contributed by atoms with van der Waals surface area (Å²) in [7, 11) is -5.99. The number of hydrogen-bond donors (Lipinski definition) is 0. The van der Waals surface area contributed by atoms with Crippen molar-refractivity contribution >= 4 is 9.08 Å². The summed E-state index contributed by atoms with van der Waals surface area (Å²) in [6, 6.07) is -1.66. The first kappa shape index (κ1) is 9.80. The van der Waals surface area contributed by atoms with Crippen molar-refractivity contribution in [1.82, 2.24) is 0 Å². The van der Waals surface area contributed by atoms with Crippen molar-refractivity contribution in [2.45, 2.75) is 18.6 Å². The van der Waals surface area contributed by atoms with Crippen LogP contribution in [0.25, 0.3) is 0 Å². The Morgan fingerprint density at radius 2 is 1.40 bits per heavy atom. The fraction of sp³-hybridized carbons (Fsp3) is 1.00. The smallest absolute Gasteiger partial charge is 0.238 e. The van der Waals surface area contributed by atoms with Gasteiger partial charge in [0.25, 0.3) is 0 Å². The molecule has 0 fully saturated rings. The molecule has 0 heterocycles. The van der Waals surface area contributed by atoms with Crippen molar-refractivity contribution in [3.8, 4) is 0 Å². The van der Waals surface area contributed by atoms with Gasteiger partial charge in [0.15, 0.2) is 0 Å². The average Bonchev–Trinajstić information content (AvgIpc) is 1.57. The molecule has 0 aromatic carbocycles. The highest BCUT2D eigenvalue weighted by Gasteiger charge is 2.41. The highest BCUT2D eigenvalue weighted by atomic mass is 28.5. The van der Waals surface area contributed by atoms with E-state index in [1.165, 1.54) is 0 Å². The molecular formula is C3H4F6Si. The van der Waals surface area contributed by atoms with Crippen LogP contribution in [0.4, 0.5) is 25.5 Å². The maximum absolute atomic E-state index is 11.2. The lowest BCUT2D eigenvalue weighted by atomic mass is 10.5. The molecule has 0 atom stereocenters. The van der Waals surface area contributed by atoms with Crippen molar-refractivity contribution in [2.75, 3.05) is 0 Å². The summed E-state index contributed by atoms with van der Waals surface area (Å²) >= 11 is 0. The lowest BCUT2D eigenvalue weighted by molar-refractivity contribution is -0.131. The second kappa shape index (κ2) is 2.81. The topological polar surface area (TPSA) is 0 Å². The first-order valence-corrected chi connectivity index (χ1v) is 4.18. The van der Waals surface area contributed by atoms with Gasteiger partial charge < -0.3 is 0 Å². The molecule has 0 aliphatic carbocycles. The van der Waals surface area contributed by atoms with E-state index in [1.807, 2.05) is 0 Å². The third-order valence-corrected chi connectivity index (χ3v) is 1.51. The van der Waals surface area contributed by atoms with Crippen LogP contribution >= 0.6 is 0 Å². The highest BCUT2D eigenvalue weighted by Crippen LogP contribution is 2.27. The van der Waals surface area contributed by atoms with Gasteiger partial charge in [0.1, 0.15) is 0 Å². The van der Waals surface area contributed by atoms with Crippen LogP contribution in [0.2, 0.25) is 6.04 Å². The zero-order valence-electron chi connectivity index (χ0n) is 4.68. The molecule has 62 valence electrons. The summed E-state index contributed by atoms with van der Waals surface area (Å²) in [5.41, 5.74) is 0. The van der Waals surface area contributed by atoms with Crippen LogP contribution in [0.5, 0.6) is 0 Å². The van der Waals surface area contributed by atoms with Crippen molar-refractivity contribution in [1.29, 1.82) is 0 Å². The molecule has 0 amide bonds. The molecule has 0 unspecified atom stereocenters. The van der Waals surface area contributed by atoms with Gasteiger partial charge in [-0.25, -0.2) is 12.3 Å². The Hall–Kier alpha value is -0.203. The van der Waals surface area contributed by atoms with E-state index < -0.39 is 27.7 Å². The van der Waals surface area contributed by atoms with E-state index in [1.54, 1.807) is 0 Å². The van der Waals surface area contributed by atoms with Crippen molar-refractivity contribution in [3.05, 3.63) is 0 Å². The number of alkyl halides is 3. The van der Waals surface area contributed by atoms with Crippen LogP contribution < -0.4 is 0 Å². The Balaban J connectivity index is 3.56. The van der Waals surface area contributed by atoms with Gasteiger partial charge in [-0.2, -0.15) is 13.2 Å². The molecule has 0 spiro atoms. The quantitative estimate of drug-likeness (QED) is 0.350. The van der Waals surface area contributed by atoms with E-state index in [4.69, 9.17) is 0 Å². The third-order valence-electron chi connectivity index (χ3n) is 0.692. The van der Waals surface area contributed by atoms with Crippen LogP contribution in [-0.4, -0.2) is 15.3 Å². The lowest BCUT2D eigenvalue weighted by Gasteiger charge is -2.05. The predicted molar refractivity (Wildman–Crippen MR) is 24.6 cm³/mol. The minimum atomic E-state index is -5.99. The third kappa shape index (κ3) is 7.80. The summed E-state index contributed by atoms with van der Waals surface area (Å²) in [6.07, 6.45) is -6.41. The summed E-state index contributed by atoms with van der Waals surface area (Å²) < 4.78 is 67.0. The van der Waals surface area contributed by atoms with Gasteiger partial charge in [-0.15, -0.1) is 0 Å². The molecule has 0 N–H and O–H groups in total. The maximum atomic E-state index is 11.2. The second-order valence-corrected chi connectivity index (χ2v) is 3.46. The Morgan fingerprint density at radius 1 is 1.00 bits per heavy atom. The Morgan fingerprint density at radius 3 is 1.50 bits per heavy atom. The van der Waals surface area contributed by atoms with Crippen molar-refractivity contribution in [2.24, 2.45) is 0 Å². The first-order chi connectivity index (χ1) is 4.21. The molecule has 0 saturated carbocycles. The van der Waals surface area contributed by atoms with E-state index in [0.29, 0.717) is 0 Å². The largest absolute Gasteiger partial charge is 0.616 e. The fourth-order valence-electron chi connectivity index (χ4n) is 0.283. The van der Waals surface area contributed by atoms with Gasteiger partial charge in [0.05, 0.1) is 0 Å². The van der Waals surface area contributed by atoms with E-state index >= 15 is 0 Å². The highest BCUT2D eigenvalue weighted by molar-refractivity contribution is 6.58. The monoisotopic (exact) mass is 182 g/mol. The Bertz CT molecular complexity index is 86.5. The van der Waals surface area contributed by atoms with E-state index in [9.17, 15) is 25.5 Å². The van der Waals surface area contributed by atoms with Gasteiger partial charge in [0, 0.05) is 12.5 Å². The second-order valence-electron chi connectivity index (χ2n) is 1.73. The van der Waals surface area contributed by atoms with E-state index in [2.05, 4.69) is 0 Å². The van der Waals surface area contributed by atoms with E-state index in [0.717, 1.165) is 0 Å². The van der Waals surface area contributed by atoms with Gasteiger partial charge in [0.2, 0.25) is 0 Å². The molecule has 0 bridgehead atoms. The minimum absolute atomic E-state index is 1.66. The Kier molecular flexibility index (Phi) is 2.75. The van der Waals surface area contributed by atoms with Crippen LogP contribution in [0.15, 0.2) is 0 Å². The zero-order chi connectivity index (χ0) is 8.41. The zero-order valence-corrected chi connectivity index (χ0v) is 5.68. The van der Waals surface area contributed by atoms with Crippen LogP contribution in [-0.2, 0) is 0 Å². The molecule has 7 heteroatoms. The first-order valence-electron chi connectivity index (χ1n) is 2.34. The van der Waals surface area contributed by atoms with Gasteiger partial charge in [-0.05, 0) is 0 Å². The molecule has 0 rings (SSSR count). The van der Waals surface area contributed by atoms with Crippen molar-refractivity contribution in [3.63, 3.8) is 0 Å². The number of rotatable bonds is 2. The maximum Gasteiger partial charge on any atom is 0.616 e. The molecule has 0 aromatic rings. The van der Waals surface area contributed by atoms with E-state index in [-0.39, 0.29) is 0 Å². The summed E-state index contributed by atoms with van der Waals surface area (Å²) in [4.78, 5) is 0. The molecule has 0 nitrogen and oxygen atoms in total. The molecule has 0 aliphatic rings. The fourth-order valence-corrected chi connectivity index (χ4v) is 0.850. The van der Waals surface area contributed by atoms with Crippen molar-refractivity contribution < 1.29 is 25.5 Å². The summed E-state index contributed by atoms with van der Waals surface area (Å²) in [5.74, 6) is 0. The minimum Gasteiger partial charge on any atom is -0.238 e. The lowest BCUT2D eigenvalue weighted by Crippen LogP contribution is -2.19. The van der Waals surface area contributed by atoms with Crippen LogP contribution in [0.1, 0.15) is 6.42 Å². The summed E-state index contributed by atoms with van der Waals surface area (Å²) in [6.45, 7) is 0. The number of halogens is 6. The molecule has 0 aromatic heterocycles. The van der Waals surface area contributed by atoms with Crippen LogP contribution in [0, 0.1) is 0 Å².